The maximum absolute atomic E-state index is 11.6. The summed E-state index contributed by atoms with van der Waals surface area (Å²) in [6, 6.07) is 11.6. The summed E-state index contributed by atoms with van der Waals surface area (Å²) in [4.78, 5) is 20.5. The van der Waals surface area contributed by atoms with Gasteiger partial charge in [-0.05, 0) is 12.1 Å². The zero-order valence-electron chi connectivity index (χ0n) is 11.3. The molecule has 0 unspecified atom stereocenters. The second kappa shape index (κ2) is 5.65. The average Bonchev–Trinajstić information content (AvgIpc) is 2.85. The van der Waals surface area contributed by atoms with E-state index in [-0.39, 0.29) is 6.61 Å². The number of rotatable bonds is 3. The summed E-state index contributed by atoms with van der Waals surface area (Å²) in [6.45, 7) is -0.0232. The minimum Gasteiger partial charge on any atom is -0.492 e. The van der Waals surface area contributed by atoms with E-state index in [9.17, 15) is 15.0 Å². The minimum absolute atomic E-state index is 0.0232. The van der Waals surface area contributed by atoms with Gasteiger partial charge in [0.1, 0.15) is 6.61 Å². The van der Waals surface area contributed by atoms with Crippen molar-refractivity contribution in [1.82, 2.24) is 9.71 Å². The number of para-hydroxylation sites is 1. The Balaban J connectivity index is 1.70. The van der Waals surface area contributed by atoms with Crippen molar-refractivity contribution < 1.29 is 24.6 Å². The molecule has 7 nitrogen and oxygen atoms in total. The Kier molecular flexibility index (Phi) is 3.53. The normalized spacial score (nSPS) is 10.5. The van der Waals surface area contributed by atoms with Gasteiger partial charge in [-0.15, -0.1) is 4.73 Å². The first-order valence-corrected chi connectivity index (χ1v) is 6.42. The Hall–Kier alpha value is -3.22. The number of fused-ring (bicyclic) bond motifs is 1. The van der Waals surface area contributed by atoms with Gasteiger partial charge in [0.05, 0.1) is 5.52 Å². The molecule has 3 rings (SSSR count). The van der Waals surface area contributed by atoms with Crippen molar-refractivity contribution in [2.45, 2.75) is 6.61 Å². The number of benzene rings is 1. The van der Waals surface area contributed by atoms with E-state index < -0.39 is 17.9 Å². The predicted octanol–water partition coefficient (Wildman–Crippen LogP) is 2.21. The molecule has 0 radical (unpaired) electrons. The van der Waals surface area contributed by atoms with Crippen molar-refractivity contribution in [2.24, 2.45) is 0 Å². The van der Waals surface area contributed by atoms with Gasteiger partial charge < -0.3 is 14.9 Å². The van der Waals surface area contributed by atoms with Crippen LogP contribution in [0.1, 0.15) is 5.56 Å². The van der Waals surface area contributed by atoms with E-state index >= 15 is 0 Å². The van der Waals surface area contributed by atoms with Gasteiger partial charge in [0.25, 0.3) is 0 Å². The van der Waals surface area contributed by atoms with Crippen molar-refractivity contribution in [1.29, 1.82) is 0 Å². The van der Waals surface area contributed by atoms with E-state index in [0.29, 0.717) is 4.73 Å². The molecule has 0 aliphatic carbocycles. The molecule has 0 spiro atoms. The second-order valence-corrected chi connectivity index (χ2v) is 4.46. The van der Waals surface area contributed by atoms with Gasteiger partial charge in [-0.3, -0.25) is 9.82 Å². The lowest BCUT2D eigenvalue weighted by Gasteiger charge is -2.09. The molecule has 0 amide bonds. The first kappa shape index (κ1) is 13.7. The zero-order chi connectivity index (χ0) is 15.5. The highest BCUT2D eigenvalue weighted by atomic mass is 16.8. The van der Waals surface area contributed by atoms with Gasteiger partial charge in [0.15, 0.2) is 0 Å². The van der Waals surface area contributed by atoms with Crippen molar-refractivity contribution in [2.75, 3.05) is 0 Å². The quantitative estimate of drug-likeness (QED) is 0.720. The fourth-order valence-corrected chi connectivity index (χ4v) is 2.01. The summed E-state index contributed by atoms with van der Waals surface area (Å²) >= 11 is 0. The van der Waals surface area contributed by atoms with Gasteiger partial charge in [-0.2, -0.15) is 0 Å². The summed E-state index contributed by atoms with van der Waals surface area (Å²) in [5, 5.41) is 19.6. The van der Waals surface area contributed by atoms with Crippen LogP contribution in [0.5, 0.6) is 11.8 Å². The van der Waals surface area contributed by atoms with Crippen LogP contribution < -0.4 is 4.84 Å². The third-order valence-corrected chi connectivity index (χ3v) is 3.05. The zero-order valence-corrected chi connectivity index (χ0v) is 11.3. The van der Waals surface area contributed by atoms with Crippen LogP contribution in [0.15, 0.2) is 48.7 Å². The Labute approximate surface area is 124 Å². The molecule has 22 heavy (non-hydrogen) atoms. The van der Waals surface area contributed by atoms with Crippen LogP contribution in [0, 0.1) is 0 Å². The molecule has 0 atom stereocenters. The lowest BCUT2D eigenvalue weighted by Crippen LogP contribution is -2.20. The number of carbonyl (C=O) groups excluding carboxylic acids is 1. The van der Waals surface area contributed by atoms with Gasteiger partial charge in [0.2, 0.25) is 11.8 Å². The Bertz CT molecular complexity index is 803. The SMILES string of the molecule is O=C(OCc1ccnc2ccccc12)On1c(O)ccc1O. The highest BCUT2D eigenvalue weighted by molar-refractivity contribution is 5.81. The number of hydrogen-bond donors (Lipinski definition) is 2. The molecular formula is C15H12N2O5. The molecule has 2 heterocycles. The molecule has 3 aromatic rings. The van der Waals surface area contributed by atoms with Gasteiger partial charge in [-0.1, -0.05) is 18.2 Å². The maximum Gasteiger partial charge on any atom is 0.534 e. The number of ether oxygens (including phenoxy) is 1. The molecule has 0 saturated heterocycles. The minimum atomic E-state index is -1.05. The van der Waals surface area contributed by atoms with E-state index in [2.05, 4.69) is 9.82 Å². The Morgan fingerprint density at radius 3 is 2.59 bits per heavy atom. The van der Waals surface area contributed by atoms with Gasteiger partial charge >= 0.3 is 6.16 Å². The topological polar surface area (TPSA) is 93.8 Å². The van der Waals surface area contributed by atoms with Crippen LogP contribution >= 0.6 is 0 Å². The number of aromatic hydroxyl groups is 2. The summed E-state index contributed by atoms with van der Waals surface area (Å²) in [6.07, 6.45) is 0.568. The Morgan fingerprint density at radius 2 is 1.82 bits per heavy atom. The monoisotopic (exact) mass is 300 g/mol. The fourth-order valence-electron chi connectivity index (χ4n) is 2.01. The van der Waals surface area contributed by atoms with E-state index in [0.717, 1.165) is 16.5 Å². The molecule has 0 fully saturated rings. The molecule has 1 aromatic carbocycles. The molecular weight excluding hydrogens is 288 g/mol. The van der Waals surface area contributed by atoms with Crippen LogP contribution in [-0.2, 0) is 11.3 Å². The van der Waals surface area contributed by atoms with E-state index in [4.69, 9.17) is 4.74 Å². The molecule has 0 saturated carbocycles. The third kappa shape index (κ3) is 2.64. The van der Waals surface area contributed by atoms with Crippen LogP contribution in [0.3, 0.4) is 0 Å². The van der Waals surface area contributed by atoms with Gasteiger partial charge in [0, 0.05) is 29.3 Å². The number of hydrogen-bond acceptors (Lipinski definition) is 6. The van der Waals surface area contributed by atoms with Crippen molar-refractivity contribution in [3.63, 3.8) is 0 Å². The number of carbonyl (C=O) groups is 1. The lowest BCUT2D eigenvalue weighted by molar-refractivity contribution is 0.0313. The number of nitrogens with zero attached hydrogens (tertiary/aromatic N) is 2. The highest BCUT2D eigenvalue weighted by Crippen LogP contribution is 2.20. The fraction of sp³-hybridized carbons (Fsp3) is 0.0667. The first-order chi connectivity index (χ1) is 10.6. The second-order valence-electron chi connectivity index (χ2n) is 4.46. The highest BCUT2D eigenvalue weighted by Gasteiger charge is 2.13. The summed E-state index contributed by atoms with van der Waals surface area (Å²) in [7, 11) is 0. The summed E-state index contributed by atoms with van der Waals surface area (Å²) in [5.74, 6) is -0.826. The van der Waals surface area contributed by atoms with Crippen molar-refractivity contribution in [3.8, 4) is 11.8 Å². The molecule has 0 aliphatic rings. The van der Waals surface area contributed by atoms with E-state index in [1.807, 2.05) is 24.3 Å². The number of aromatic nitrogens is 2. The van der Waals surface area contributed by atoms with Crippen molar-refractivity contribution >= 4 is 17.1 Å². The van der Waals surface area contributed by atoms with Crippen molar-refractivity contribution in [3.05, 3.63) is 54.2 Å². The predicted molar refractivity (Wildman–Crippen MR) is 76.3 cm³/mol. The molecule has 2 N–H and O–H groups in total. The van der Waals surface area contributed by atoms with Crippen LogP contribution in [-0.4, -0.2) is 26.1 Å². The molecule has 2 aromatic heterocycles. The standard InChI is InChI=1S/C15H12N2O5/c18-13-5-6-14(19)17(13)22-15(20)21-9-10-7-8-16-12-4-2-1-3-11(10)12/h1-8,18-19H,9H2. The summed E-state index contributed by atoms with van der Waals surface area (Å²) in [5.41, 5.74) is 1.56. The molecule has 0 aliphatic heterocycles. The molecule has 0 bridgehead atoms. The van der Waals surface area contributed by atoms with E-state index in [1.54, 1.807) is 12.3 Å². The Morgan fingerprint density at radius 1 is 1.09 bits per heavy atom. The maximum atomic E-state index is 11.6. The molecule has 112 valence electrons. The number of pyridine rings is 1. The molecule has 7 heteroatoms. The van der Waals surface area contributed by atoms with Crippen LogP contribution in [0.4, 0.5) is 4.79 Å². The van der Waals surface area contributed by atoms with Gasteiger partial charge in [-0.25, -0.2) is 4.79 Å². The third-order valence-electron chi connectivity index (χ3n) is 3.05. The lowest BCUT2D eigenvalue weighted by atomic mass is 10.1. The van der Waals surface area contributed by atoms with Crippen LogP contribution in [0.25, 0.3) is 10.9 Å². The first-order valence-electron chi connectivity index (χ1n) is 6.42. The average molecular weight is 300 g/mol. The van der Waals surface area contributed by atoms with Crippen LogP contribution in [0.2, 0.25) is 0 Å². The largest absolute Gasteiger partial charge is 0.534 e. The smallest absolute Gasteiger partial charge is 0.492 e. The summed E-state index contributed by atoms with van der Waals surface area (Å²) < 4.78 is 5.55. The van der Waals surface area contributed by atoms with E-state index in [1.165, 1.54) is 12.1 Å².